The first-order valence-electron chi connectivity index (χ1n) is 6.13. The molecule has 1 amide bonds. The molecule has 103 valence electrons. The number of carbonyl (C=O) groups excluding carboxylic acids is 1. The molecule has 0 aromatic heterocycles. The lowest BCUT2D eigenvalue weighted by Gasteiger charge is -2.20. The Labute approximate surface area is 110 Å². The summed E-state index contributed by atoms with van der Waals surface area (Å²) in [7, 11) is 0. The van der Waals surface area contributed by atoms with Crippen molar-refractivity contribution in [1.29, 1.82) is 0 Å². The quantitative estimate of drug-likeness (QED) is 0.834. The predicted octanol–water partition coefficient (Wildman–Crippen LogP) is 2.76. The van der Waals surface area contributed by atoms with Crippen molar-refractivity contribution in [3.63, 3.8) is 0 Å². The van der Waals surface area contributed by atoms with Crippen LogP contribution < -0.4 is 5.32 Å². The minimum Gasteiger partial charge on any atom is -0.412 e. The lowest BCUT2D eigenvalue weighted by molar-refractivity contribution is -0.120. The largest absolute Gasteiger partial charge is 0.412 e. The van der Waals surface area contributed by atoms with E-state index in [1.54, 1.807) is 0 Å². The number of rotatable bonds is 2. The lowest BCUT2D eigenvalue weighted by Crippen LogP contribution is -2.24. The standard InChI is InChI=1S/C14H19NO.H2O.HO.H2/c1-11-7-9-13(10-8-11)15-14(16)12-5-3-2-4-6-12;;;/h7-10,12H,2-6H2,1H3,(H,15,16);1H2;2*1H. The molecule has 1 saturated carbocycles. The van der Waals surface area contributed by atoms with Crippen LogP contribution in [0.2, 0.25) is 0 Å². The number of hydrogen-bond donors (Lipinski definition) is 2. The Balaban J connectivity index is 0. The van der Waals surface area contributed by atoms with Gasteiger partial charge in [-0.05, 0) is 31.9 Å². The maximum absolute atomic E-state index is 11.9. The summed E-state index contributed by atoms with van der Waals surface area (Å²) in [5.41, 5.74) is 2.14. The van der Waals surface area contributed by atoms with E-state index in [4.69, 9.17) is 0 Å². The monoisotopic (exact) mass is 254 g/mol. The number of hydrogen-bond acceptors (Lipinski definition) is 1. The molecule has 4 N–H and O–H groups in total. The minimum absolute atomic E-state index is 0. The Morgan fingerprint density at radius 1 is 1.17 bits per heavy atom. The third-order valence-corrected chi connectivity index (χ3v) is 3.30. The second-order valence-corrected chi connectivity index (χ2v) is 4.69. The molecule has 1 aliphatic rings. The zero-order valence-corrected chi connectivity index (χ0v) is 10.8. The molecule has 0 unspecified atom stereocenters. The fraction of sp³-hybridized carbons (Fsp3) is 0.500. The molecule has 0 spiro atoms. The maximum Gasteiger partial charge on any atom is 0.227 e. The highest BCUT2D eigenvalue weighted by Gasteiger charge is 2.20. The molecule has 0 saturated heterocycles. The Hall–Kier alpha value is -1.39. The highest BCUT2D eigenvalue weighted by atomic mass is 16.1. The molecule has 1 aromatic carbocycles. The van der Waals surface area contributed by atoms with Crippen LogP contribution in [0, 0.1) is 12.8 Å². The third-order valence-electron chi connectivity index (χ3n) is 3.30. The summed E-state index contributed by atoms with van der Waals surface area (Å²) < 4.78 is 0. The van der Waals surface area contributed by atoms with E-state index in [2.05, 4.69) is 5.32 Å². The van der Waals surface area contributed by atoms with Crippen molar-refractivity contribution in [2.75, 3.05) is 5.32 Å². The van der Waals surface area contributed by atoms with Crippen molar-refractivity contribution in [2.24, 2.45) is 5.92 Å². The SMILES string of the molecule is Cc1ccc(NC(=O)C2CCCCC2)cc1.O.[HH].[OH]. The van der Waals surface area contributed by atoms with E-state index in [9.17, 15) is 4.79 Å². The Morgan fingerprint density at radius 2 is 1.72 bits per heavy atom. The Kier molecular flexibility index (Phi) is 7.24. The molecular weight excluding hydrogens is 230 g/mol. The summed E-state index contributed by atoms with van der Waals surface area (Å²) in [4.78, 5) is 11.9. The molecule has 1 radical (unpaired) electrons. The number of benzene rings is 1. The average molecular weight is 254 g/mol. The number of amides is 1. The van der Waals surface area contributed by atoms with Crippen LogP contribution in [-0.2, 0) is 4.79 Å². The van der Waals surface area contributed by atoms with Gasteiger partial charge in [0.15, 0.2) is 0 Å². The zero-order chi connectivity index (χ0) is 11.4. The van der Waals surface area contributed by atoms with Crippen molar-refractivity contribution in [1.82, 2.24) is 0 Å². The van der Waals surface area contributed by atoms with Crippen LogP contribution >= 0.6 is 0 Å². The van der Waals surface area contributed by atoms with Gasteiger partial charge in [0, 0.05) is 13.0 Å². The molecule has 1 aromatic rings. The van der Waals surface area contributed by atoms with Gasteiger partial charge in [-0.15, -0.1) is 0 Å². The number of carbonyl (C=O) groups is 1. The highest BCUT2D eigenvalue weighted by molar-refractivity contribution is 5.92. The van der Waals surface area contributed by atoms with Crippen LogP contribution in [0.15, 0.2) is 24.3 Å². The maximum atomic E-state index is 11.9. The van der Waals surface area contributed by atoms with Gasteiger partial charge in [0.2, 0.25) is 5.91 Å². The first-order chi connectivity index (χ1) is 7.75. The fourth-order valence-electron chi connectivity index (χ4n) is 2.25. The summed E-state index contributed by atoms with van der Waals surface area (Å²) >= 11 is 0. The molecule has 0 bridgehead atoms. The first-order valence-corrected chi connectivity index (χ1v) is 6.13. The molecule has 0 atom stereocenters. The minimum atomic E-state index is 0. The van der Waals surface area contributed by atoms with E-state index >= 15 is 0 Å². The van der Waals surface area contributed by atoms with E-state index in [0.717, 1.165) is 18.5 Å². The molecule has 0 heterocycles. The summed E-state index contributed by atoms with van der Waals surface area (Å²) in [5.74, 6) is 0.429. The Bertz CT molecular complexity index is 361. The molecule has 18 heavy (non-hydrogen) atoms. The van der Waals surface area contributed by atoms with Crippen LogP contribution in [0.3, 0.4) is 0 Å². The van der Waals surface area contributed by atoms with Gasteiger partial charge in [-0.25, -0.2) is 0 Å². The number of anilines is 1. The molecule has 4 nitrogen and oxygen atoms in total. The molecule has 2 rings (SSSR count). The van der Waals surface area contributed by atoms with Crippen molar-refractivity contribution in [3.05, 3.63) is 29.8 Å². The summed E-state index contributed by atoms with van der Waals surface area (Å²) in [6.07, 6.45) is 5.79. The zero-order valence-electron chi connectivity index (χ0n) is 10.8. The van der Waals surface area contributed by atoms with Gasteiger partial charge in [0.05, 0.1) is 0 Å². The van der Waals surface area contributed by atoms with Crippen LogP contribution in [0.5, 0.6) is 0 Å². The van der Waals surface area contributed by atoms with Crippen molar-refractivity contribution in [3.8, 4) is 0 Å². The van der Waals surface area contributed by atoms with Gasteiger partial charge in [-0.2, -0.15) is 0 Å². The van der Waals surface area contributed by atoms with Crippen LogP contribution in [-0.4, -0.2) is 16.9 Å². The molecule has 4 heteroatoms. The number of aryl methyl sites for hydroxylation is 1. The average Bonchev–Trinajstić information content (AvgIpc) is 2.33. The van der Waals surface area contributed by atoms with Gasteiger partial charge in [-0.3, -0.25) is 10.3 Å². The smallest absolute Gasteiger partial charge is 0.227 e. The van der Waals surface area contributed by atoms with Gasteiger partial charge in [0.25, 0.3) is 0 Å². The van der Waals surface area contributed by atoms with E-state index in [-0.39, 0.29) is 24.2 Å². The molecule has 1 fully saturated rings. The van der Waals surface area contributed by atoms with Gasteiger partial charge in [0.1, 0.15) is 0 Å². The van der Waals surface area contributed by atoms with Crippen LogP contribution in [0.25, 0.3) is 0 Å². The second kappa shape index (κ2) is 7.84. The summed E-state index contributed by atoms with van der Waals surface area (Å²) in [6, 6.07) is 7.99. The third kappa shape index (κ3) is 4.47. The van der Waals surface area contributed by atoms with Crippen LogP contribution in [0.1, 0.15) is 39.1 Å². The van der Waals surface area contributed by atoms with Crippen LogP contribution in [0.4, 0.5) is 5.69 Å². The molecule has 1 aliphatic carbocycles. The summed E-state index contributed by atoms with van der Waals surface area (Å²) in [6.45, 7) is 2.05. The molecular formula is C14H24NO3. The van der Waals surface area contributed by atoms with E-state index in [0.29, 0.717) is 0 Å². The van der Waals surface area contributed by atoms with Crippen molar-refractivity contribution >= 4 is 11.6 Å². The van der Waals surface area contributed by atoms with Gasteiger partial charge >= 0.3 is 0 Å². The normalized spacial score (nSPS) is 15.2. The second-order valence-electron chi connectivity index (χ2n) is 4.69. The summed E-state index contributed by atoms with van der Waals surface area (Å²) in [5, 5.41) is 3.00. The van der Waals surface area contributed by atoms with E-state index in [1.165, 1.54) is 24.8 Å². The number of nitrogens with one attached hydrogen (secondary N) is 1. The van der Waals surface area contributed by atoms with E-state index < -0.39 is 0 Å². The van der Waals surface area contributed by atoms with Gasteiger partial charge < -0.3 is 10.8 Å². The molecule has 0 aliphatic heterocycles. The first kappa shape index (κ1) is 16.6. The Morgan fingerprint density at radius 3 is 2.28 bits per heavy atom. The lowest BCUT2D eigenvalue weighted by atomic mass is 9.88. The predicted molar refractivity (Wildman–Crippen MR) is 74.0 cm³/mol. The van der Waals surface area contributed by atoms with Crippen molar-refractivity contribution < 1.29 is 17.2 Å². The van der Waals surface area contributed by atoms with Gasteiger partial charge in [-0.1, -0.05) is 37.0 Å². The topological polar surface area (TPSA) is 90.6 Å². The van der Waals surface area contributed by atoms with E-state index in [1.807, 2.05) is 31.2 Å². The highest BCUT2D eigenvalue weighted by Crippen LogP contribution is 2.24. The fourth-order valence-corrected chi connectivity index (χ4v) is 2.25. The van der Waals surface area contributed by atoms with Crippen molar-refractivity contribution in [2.45, 2.75) is 39.0 Å².